The number of aromatic nitrogens is 2. The molecular formula is C25H30N2O3. The maximum absolute atomic E-state index is 11.1. The molecule has 0 aliphatic carbocycles. The van der Waals surface area contributed by atoms with Crippen molar-refractivity contribution >= 4 is 16.9 Å². The molecule has 0 unspecified atom stereocenters. The van der Waals surface area contributed by atoms with Crippen molar-refractivity contribution in [1.29, 1.82) is 0 Å². The number of carboxylic acid groups (broad SMARTS) is 1. The molecule has 0 bridgehead atoms. The minimum absolute atomic E-state index is 0.0768. The Kier molecular flexibility index (Phi) is 7.28. The van der Waals surface area contributed by atoms with Crippen LogP contribution < -0.4 is 4.74 Å². The maximum atomic E-state index is 11.1. The molecule has 3 rings (SSSR count). The highest BCUT2D eigenvalue weighted by Crippen LogP contribution is 2.26. The van der Waals surface area contributed by atoms with E-state index in [1.165, 1.54) is 5.39 Å². The van der Waals surface area contributed by atoms with Gasteiger partial charge in [-0.05, 0) is 37.5 Å². The van der Waals surface area contributed by atoms with Crippen molar-refractivity contribution in [1.82, 2.24) is 9.78 Å². The first-order valence-corrected chi connectivity index (χ1v) is 10.5. The Labute approximate surface area is 178 Å². The number of nitrogens with zero attached hydrogens (tertiary/aromatic N) is 2. The molecule has 5 nitrogen and oxygen atoms in total. The minimum atomic E-state index is -0.805. The molecule has 0 saturated heterocycles. The van der Waals surface area contributed by atoms with E-state index in [1.807, 2.05) is 55.1 Å². The van der Waals surface area contributed by atoms with Crippen LogP contribution in [0.5, 0.6) is 5.75 Å². The fraction of sp³-hybridized carbons (Fsp3) is 0.360. The summed E-state index contributed by atoms with van der Waals surface area (Å²) in [5.74, 6) is -0.175. The fourth-order valence-corrected chi connectivity index (χ4v) is 3.83. The summed E-state index contributed by atoms with van der Waals surface area (Å²) in [4.78, 5) is 11.1. The topological polar surface area (TPSA) is 64.3 Å². The van der Waals surface area contributed by atoms with Gasteiger partial charge in [0.05, 0.1) is 17.6 Å². The lowest BCUT2D eigenvalue weighted by Crippen LogP contribution is -2.04. The number of aliphatic carboxylic acids is 1. The number of aryl methyl sites for hydroxylation is 2. The summed E-state index contributed by atoms with van der Waals surface area (Å²) in [5, 5.41) is 15.1. The van der Waals surface area contributed by atoms with Gasteiger partial charge in [0.1, 0.15) is 12.4 Å². The van der Waals surface area contributed by atoms with Gasteiger partial charge >= 0.3 is 5.97 Å². The summed E-state index contributed by atoms with van der Waals surface area (Å²) in [6, 6.07) is 14.0. The van der Waals surface area contributed by atoms with Crippen molar-refractivity contribution in [3.8, 4) is 5.75 Å². The Morgan fingerprint density at radius 2 is 2.00 bits per heavy atom. The van der Waals surface area contributed by atoms with Crippen molar-refractivity contribution < 1.29 is 14.6 Å². The van der Waals surface area contributed by atoms with Crippen LogP contribution in [0.3, 0.4) is 0 Å². The molecule has 0 aliphatic heterocycles. The molecule has 1 heterocycles. The Hall–Kier alpha value is -3.08. The third kappa shape index (κ3) is 5.09. The van der Waals surface area contributed by atoms with Gasteiger partial charge in [0.25, 0.3) is 0 Å². The smallest absolute Gasteiger partial charge is 0.304 e. The van der Waals surface area contributed by atoms with Crippen molar-refractivity contribution in [2.75, 3.05) is 0 Å². The summed E-state index contributed by atoms with van der Waals surface area (Å²) in [6.07, 6.45) is 7.16. The van der Waals surface area contributed by atoms with Gasteiger partial charge in [-0.3, -0.25) is 9.48 Å². The van der Waals surface area contributed by atoms with E-state index in [-0.39, 0.29) is 12.3 Å². The SMILES string of the molecule is CC=C[C@H](CC(=O)O)c1ccc(OCc2cccc3c(CCCC)nn(C)c23)cc1. The van der Waals surface area contributed by atoms with Crippen molar-refractivity contribution in [3.05, 3.63) is 71.4 Å². The average molecular weight is 407 g/mol. The van der Waals surface area contributed by atoms with Crippen LogP contribution in [0.1, 0.15) is 55.8 Å². The molecule has 0 saturated carbocycles. The maximum Gasteiger partial charge on any atom is 0.304 e. The highest BCUT2D eigenvalue weighted by atomic mass is 16.5. The number of para-hydroxylation sites is 1. The Morgan fingerprint density at radius 1 is 1.23 bits per heavy atom. The standard InChI is InChI=1S/C25H30N2O3/c1-4-6-11-23-22-10-7-9-20(25(22)27(3)26-23)17-30-21-14-12-18(13-15-21)19(8-5-2)16-24(28)29/h5,7-10,12-15,19H,4,6,11,16-17H2,1-3H3,(H,28,29)/t19-/m1/s1. The monoisotopic (exact) mass is 406 g/mol. The molecule has 0 aliphatic rings. The Balaban J connectivity index is 1.75. The molecule has 1 atom stereocenters. The zero-order valence-corrected chi connectivity index (χ0v) is 18.0. The first-order valence-electron chi connectivity index (χ1n) is 10.5. The lowest BCUT2D eigenvalue weighted by Gasteiger charge is -2.13. The summed E-state index contributed by atoms with van der Waals surface area (Å²) >= 11 is 0. The normalized spacial score (nSPS) is 12.5. The molecular weight excluding hydrogens is 376 g/mol. The third-order valence-corrected chi connectivity index (χ3v) is 5.31. The highest BCUT2D eigenvalue weighted by Gasteiger charge is 2.14. The number of carboxylic acids is 1. The second-order valence-electron chi connectivity index (χ2n) is 7.58. The molecule has 0 radical (unpaired) electrons. The molecule has 158 valence electrons. The molecule has 1 aromatic heterocycles. The zero-order chi connectivity index (χ0) is 21.5. The van der Waals surface area contributed by atoms with Gasteiger partial charge in [-0.2, -0.15) is 5.10 Å². The van der Waals surface area contributed by atoms with E-state index >= 15 is 0 Å². The summed E-state index contributed by atoms with van der Waals surface area (Å²) in [6.45, 7) is 4.55. The number of unbranched alkanes of at least 4 members (excludes halogenated alkanes) is 1. The van der Waals surface area contributed by atoms with Crippen LogP contribution >= 0.6 is 0 Å². The Morgan fingerprint density at radius 3 is 2.67 bits per heavy atom. The molecule has 3 aromatic rings. The molecule has 1 N–H and O–H groups in total. The molecule has 0 fully saturated rings. The summed E-state index contributed by atoms with van der Waals surface area (Å²) in [7, 11) is 1.99. The van der Waals surface area contributed by atoms with E-state index < -0.39 is 5.97 Å². The van der Waals surface area contributed by atoms with E-state index in [1.54, 1.807) is 0 Å². The lowest BCUT2D eigenvalue weighted by molar-refractivity contribution is -0.137. The molecule has 30 heavy (non-hydrogen) atoms. The fourth-order valence-electron chi connectivity index (χ4n) is 3.83. The summed E-state index contributed by atoms with van der Waals surface area (Å²) in [5.41, 5.74) is 4.34. The average Bonchev–Trinajstić information content (AvgIpc) is 3.07. The second kappa shape index (κ2) is 10.1. The van der Waals surface area contributed by atoms with E-state index in [0.717, 1.165) is 47.3 Å². The largest absolute Gasteiger partial charge is 0.489 e. The minimum Gasteiger partial charge on any atom is -0.489 e. The highest BCUT2D eigenvalue weighted by molar-refractivity contribution is 5.85. The zero-order valence-electron chi connectivity index (χ0n) is 18.0. The number of hydrogen-bond donors (Lipinski definition) is 1. The van der Waals surface area contributed by atoms with Crippen molar-refractivity contribution in [2.24, 2.45) is 7.05 Å². The number of carbonyl (C=O) groups is 1. The van der Waals surface area contributed by atoms with Crippen LogP contribution in [0, 0.1) is 0 Å². The van der Waals surface area contributed by atoms with Crippen LogP contribution in [0.25, 0.3) is 10.9 Å². The number of hydrogen-bond acceptors (Lipinski definition) is 3. The van der Waals surface area contributed by atoms with Crippen LogP contribution in [0.2, 0.25) is 0 Å². The van der Waals surface area contributed by atoms with Gasteiger partial charge < -0.3 is 9.84 Å². The summed E-state index contributed by atoms with van der Waals surface area (Å²) < 4.78 is 8.00. The van der Waals surface area contributed by atoms with E-state index in [2.05, 4.69) is 25.1 Å². The van der Waals surface area contributed by atoms with E-state index in [4.69, 9.17) is 14.9 Å². The van der Waals surface area contributed by atoms with Gasteiger partial charge in [-0.1, -0.05) is 55.8 Å². The number of rotatable bonds is 10. The van der Waals surface area contributed by atoms with Gasteiger partial charge in [0, 0.05) is 23.9 Å². The number of ether oxygens (including phenoxy) is 1. The lowest BCUT2D eigenvalue weighted by atomic mass is 9.95. The molecule has 0 amide bonds. The quantitative estimate of drug-likeness (QED) is 0.443. The first kappa shape index (κ1) is 21.6. The van der Waals surface area contributed by atoms with Crippen molar-refractivity contribution in [2.45, 2.75) is 52.1 Å². The predicted octanol–water partition coefficient (Wildman–Crippen LogP) is 5.63. The van der Waals surface area contributed by atoms with Crippen LogP contribution in [-0.2, 0) is 24.9 Å². The Bertz CT molecular complexity index is 1020. The van der Waals surface area contributed by atoms with E-state index in [0.29, 0.717) is 6.61 Å². The van der Waals surface area contributed by atoms with Gasteiger partial charge in [0.15, 0.2) is 0 Å². The van der Waals surface area contributed by atoms with Crippen LogP contribution in [0.15, 0.2) is 54.6 Å². The number of allylic oxidation sites excluding steroid dienone is 2. The number of benzene rings is 2. The van der Waals surface area contributed by atoms with Gasteiger partial charge in [-0.25, -0.2) is 0 Å². The molecule has 0 spiro atoms. The predicted molar refractivity (Wildman–Crippen MR) is 120 cm³/mol. The van der Waals surface area contributed by atoms with Gasteiger partial charge in [0.2, 0.25) is 0 Å². The van der Waals surface area contributed by atoms with Crippen LogP contribution in [-0.4, -0.2) is 20.9 Å². The molecule has 2 aromatic carbocycles. The third-order valence-electron chi connectivity index (χ3n) is 5.31. The van der Waals surface area contributed by atoms with Crippen LogP contribution in [0.4, 0.5) is 0 Å². The van der Waals surface area contributed by atoms with E-state index in [9.17, 15) is 4.79 Å². The number of fused-ring (bicyclic) bond motifs is 1. The van der Waals surface area contributed by atoms with Crippen molar-refractivity contribution in [3.63, 3.8) is 0 Å². The van der Waals surface area contributed by atoms with Gasteiger partial charge in [-0.15, -0.1) is 0 Å². The molecule has 5 heteroatoms. The first-order chi connectivity index (χ1) is 14.5. The second-order valence-corrected chi connectivity index (χ2v) is 7.58.